The predicted octanol–water partition coefficient (Wildman–Crippen LogP) is 2.41. The van der Waals surface area contributed by atoms with E-state index < -0.39 is 23.1 Å². The summed E-state index contributed by atoms with van der Waals surface area (Å²) >= 11 is 0. The van der Waals surface area contributed by atoms with E-state index in [0.29, 0.717) is 0 Å². The summed E-state index contributed by atoms with van der Waals surface area (Å²) in [6.45, 7) is 6.57. The minimum absolute atomic E-state index is 0.0293. The molecule has 0 fully saturated rings. The molecule has 0 bridgehead atoms. The molecule has 1 amide bonds. The minimum atomic E-state index is -1.10. The molecule has 0 radical (unpaired) electrons. The van der Waals surface area contributed by atoms with E-state index >= 15 is 0 Å². The third kappa shape index (κ3) is 3.73. The highest BCUT2D eigenvalue weighted by Gasteiger charge is 2.26. The number of rotatable bonds is 4. The van der Waals surface area contributed by atoms with Gasteiger partial charge in [-0.1, -0.05) is 13.8 Å². The Kier molecular flexibility index (Phi) is 4.63. The Bertz CT molecular complexity index is 485. The number of carbonyl (C=O) groups excluding carboxylic acids is 1. The first kappa shape index (κ1) is 15.6. The van der Waals surface area contributed by atoms with Gasteiger partial charge in [0.15, 0.2) is 0 Å². The summed E-state index contributed by atoms with van der Waals surface area (Å²) in [5.74, 6) is -2.23. The Morgan fingerprint density at radius 2 is 1.95 bits per heavy atom. The molecule has 0 saturated heterocycles. The van der Waals surface area contributed by atoms with Crippen LogP contribution in [0.2, 0.25) is 0 Å². The molecule has 0 aliphatic rings. The highest BCUT2D eigenvalue weighted by Crippen LogP contribution is 2.16. The molecule has 0 aliphatic heterocycles. The van der Waals surface area contributed by atoms with Crippen LogP contribution in [0, 0.1) is 24.5 Å². The van der Waals surface area contributed by atoms with Gasteiger partial charge in [0.05, 0.1) is 11.2 Å². The summed E-state index contributed by atoms with van der Waals surface area (Å²) in [6, 6.07) is 1.84. The number of hydrogen-bond acceptors (Lipinski definition) is 2. The molecular formula is C14H19F2NO2. The molecule has 5 heteroatoms. The molecule has 0 spiro atoms. The van der Waals surface area contributed by atoms with Crippen LogP contribution >= 0.6 is 0 Å². The van der Waals surface area contributed by atoms with Crippen molar-refractivity contribution in [3.05, 3.63) is 34.9 Å². The number of hydrogen-bond donors (Lipinski definition) is 2. The van der Waals surface area contributed by atoms with Crippen molar-refractivity contribution in [1.82, 2.24) is 5.32 Å². The van der Waals surface area contributed by atoms with Gasteiger partial charge in [-0.2, -0.15) is 0 Å². The zero-order valence-corrected chi connectivity index (χ0v) is 11.6. The third-order valence-electron chi connectivity index (χ3n) is 3.34. The Morgan fingerprint density at radius 3 is 2.47 bits per heavy atom. The van der Waals surface area contributed by atoms with Crippen LogP contribution in [0.5, 0.6) is 0 Å². The first-order valence-corrected chi connectivity index (χ1v) is 6.11. The Labute approximate surface area is 111 Å². The summed E-state index contributed by atoms with van der Waals surface area (Å²) in [4.78, 5) is 11.8. The van der Waals surface area contributed by atoms with E-state index in [9.17, 15) is 18.7 Å². The number of nitrogens with one attached hydrogen (secondary N) is 1. The lowest BCUT2D eigenvalue weighted by Crippen LogP contribution is -2.44. The Morgan fingerprint density at radius 1 is 1.37 bits per heavy atom. The molecule has 0 heterocycles. The Hall–Kier alpha value is -1.49. The lowest BCUT2D eigenvalue weighted by Gasteiger charge is -2.27. The fourth-order valence-electron chi connectivity index (χ4n) is 1.38. The van der Waals surface area contributed by atoms with Gasteiger partial charge in [-0.25, -0.2) is 8.78 Å². The number of carbonyl (C=O) groups is 1. The smallest absolute Gasteiger partial charge is 0.254 e. The van der Waals surface area contributed by atoms with Crippen molar-refractivity contribution in [1.29, 1.82) is 0 Å². The molecule has 1 atom stereocenters. The molecule has 0 aliphatic carbocycles. The molecule has 1 unspecified atom stereocenters. The topological polar surface area (TPSA) is 49.3 Å². The SMILES string of the molecule is Cc1cc(F)c(C(=O)NCC(C)(O)C(C)C)cc1F. The number of halogens is 2. The van der Waals surface area contributed by atoms with Crippen LogP contribution in [0.15, 0.2) is 12.1 Å². The number of amides is 1. The van der Waals surface area contributed by atoms with Gasteiger partial charge in [-0.3, -0.25) is 4.79 Å². The minimum Gasteiger partial charge on any atom is -0.388 e. The highest BCUT2D eigenvalue weighted by atomic mass is 19.1. The maximum Gasteiger partial charge on any atom is 0.254 e. The fourth-order valence-corrected chi connectivity index (χ4v) is 1.38. The monoisotopic (exact) mass is 271 g/mol. The van der Waals surface area contributed by atoms with Crippen molar-refractivity contribution in [2.24, 2.45) is 5.92 Å². The van der Waals surface area contributed by atoms with Crippen LogP contribution < -0.4 is 5.32 Å². The van der Waals surface area contributed by atoms with Gasteiger partial charge in [0.2, 0.25) is 0 Å². The maximum absolute atomic E-state index is 13.6. The second-order valence-corrected chi connectivity index (χ2v) is 5.28. The van der Waals surface area contributed by atoms with E-state index in [2.05, 4.69) is 5.32 Å². The molecule has 1 rings (SSSR count). The van der Waals surface area contributed by atoms with Crippen molar-refractivity contribution in [2.45, 2.75) is 33.3 Å². The average molecular weight is 271 g/mol. The molecular weight excluding hydrogens is 252 g/mol. The van der Waals surface area contributed by atoms with Crippen LogP contribution in [0.3, 0.4) is 0 Å². The van der Waals surface area contributed by atoms with E-state index in [1.165, 1.54) is 6.92 Å². The summed E-state index contributed by atoms with van der Waals surface area (Å²) in [5, 5.41) is 12.4. The Balaban J connectivity index is 2.83. The summed E-state index contributed by atoms with van der Waals surface area (Å²) < 4.78 is 26.9. The van der Waals surface area contributed by atoms with E-state index in [1.807, 2.05) is 0 Å². The van der Waals surface area contributed by atoms with Gasteiger partial charge in [-0.15, -0.1) is 0 Å². The lowest BCUT2D eigenvalue weighted by atomic mass is 9.92. The van der Waals surface area contributed by atoms with Crippen molar-refractivity contribution in [3.63, 3.8) is 0 Å². The molecule has 106 valence electrons. The van der Waals surface area contributed by atoms with Crippen LogP contribution in [0.1, 0.15) is 36.7 Å². The van der Waals surface area contributed by atoms with Gasteiger partial charge >= 0.3 is 0 Å². The third-order valence-corrected chi connectivity index (χ3v) is 3.34. The summed E-state index contributed by atoms with van der Waals surface area (Å²) in [5.41, 5.74) is -1.32. The summed E-state index contributed by atoms with van der Waals surface area (Å²) in [7, 11) is 0. The quantitative estimate of drug-likeness (QED) is 0.883. The van der Waals surface area contributed by atoms with Crippen molar-refractivity contribution in [2.75, 3.05) is 6.54 Å². The van der Waals surface area contributed by atoms with E-state index in [0.717, 1.165) is 12.1 Å². The molecule has 19 heavy (non-hydrogen) atoms. The van der Waals surface area contributed by atoms with Gasteiger partial charge in [-0.05, 0) is 37.5 Å². The van der Waals surface area contributed by atoms with Crippen molar-refractivity contribution in [3.8, 4) is 0 Å². The first-order chi connectivity index (χ1) is 8.65. The lowest BCUT2D eigenvalue weighted by molar-refractivity contribution is 0.0142. The molecule has 1 aromatic rings. The van der Waals surface area contributed by atoms with E-state index in [4.69, 9.17) is 0 Å². The second kappa shape index (κ2) is 5.65. The largest absolute Gasteiger partial charge is 0.388 e. The zero-order valence-electron chi connectivity index (χ0n) is 11.6. The van der Waals surface area contributed by atoms with Crippen molar-refractivity contribution < 1.29 is 18.7 Å². The predicted molar refractivity (Wildman–Crippen MR) is 68.9 cm³/mol. The van der Waals surface area contributed by atoms with E-state index in [-0.39, 0.29) is 23.6 Å². The molecule has 3 nitrogen and oxygen atoms in total. The van der Waals surface area contributed by atoms with Gasteiger partial charge in [0.25, 0.3) is 5.91 Å². The number of aryl methyl sites for hydroxylation is 1. The van der Waals surface area contributed by atoms with Crippen LogP contribution in [0.4, 0.5) is 8.78 Å². The molecule has 2 N–H and O–H groups in total. The average Bonchev–Trinajstić information content (AvgIpc) is 2.30. The normalized spacial score (nSPS) is 14.3. The fraction of sp³-hybridized carbons (Fsp3) is 0.500. The van der Waals surface area contributed by atoms with Crippen LogP contribution in [0.25, 0.3) is 0 Å². The van der Waals surface area contributed by atoms with Gasteiger partial charge < -0.3 is 10.4 Å². The standard InChI is InChI=1S/C14H19F2NO2/c1-8(2)14(4,19)7-17-13(18)10-6-11(15)9(3)5-12(10)16/h5-6,8,19H,7H2,1-4H3,(H,17,18). The zero-order chi connectivity index (χ0) is 14.8. The maximum atomic E-state index is 13.6. The van der Waals surface area contributed by atoms with Gasteiger partial charge in [0.1, 0.15) is 11.6 Å². The first-order valence-electron chi connectivity index (χ1n) is 6.11. The molecule has 1 aromatic carbocycles. The number of benzene rings is 1. The molecule has 0 saturated carbocycles. The van der Waals surface area contributed by atoms with Crippen LogP contribution in [-0.2, 0) is 0 Å². The summed E-state index contributed by atoms with van der Waals surface area (Å²) in [6.07, 6.45) is 0. The molecule has 0 aromatic heterocycles. The highest BCUT2D eigenvalue weighted by molar-refractivity contribution is 5.94. The number of aliphatic hydroxyl groups is 1. The van der Waals surface area contributed by atoms with Crippen LogP contribution in [-0.4, -0.2) is 23.2 Å². The van der Waals surface area contributed by atoms with E-state index in [1.54, 1.807) is 20.8 Å². The second-order valence-electron chi connectivity index (χ2n) is 5.28. The van der Waals surface area contributed by atoms with Gasteiger partial charge in [0, 0.05) is 6.54 Å². The van der Waals surface area contributed by atoms with Crippen molar-refractivity contribution >= 4 is 5.91 Å².